The van der Waals surface area contributed by atoms with Gasteiger partial charge in [-0.15, -0.1) is 0 Å². The van der Waals surface area contributed by atoms with Crippen molar-refractivity contribution in [2.75, 3.05) is 7.11 Å². The van der Waals surface area contributed by atoms with E-state index in [0.29, 0.717) is 5.56 Å². The van der Waals surface area contributed by atoms with E-state index in [9.17, 15) is 13.2 Å². The highest BCUT2D eigenvalue weighted by Gasteiger charge is 2.31. The largest absolute Gasteiger partial charge is 0.469 e. The Labute approximate surface area is 124 Å². The molecule has 2 aromatic carbocycles. The first-order valence-corrected chi connectivity index (χ1v) is 8.01. The Kier molecular flexibility index (Phi) is 4.75. The summed E-state index contributed by atoms with van der Waals surface area (Å²) >= 11 is 0. The molecule has 0 aliphatic rings. The lowest BCUT2D eigenvalue weighted by atomic mass is 10.1. The van der Waals surface area contributed by atoms with Crippen LogP contribution in [0, 0.1) is 0 Å². The molecule has 0 amide bonds. The number of ether oxygens (including phenoxy) is 1. The number of hydrogen-bond donors (Lipinski definition) is 0. The van der Waals surface area contributed by atoms with E-state index >= 15 is 0 Å². The van der Waals surface area contributed by atoms with E-state index in [2.05, 4.69) is 4.74 Å². The van der Waals surface area contributed by atoms with Gasteiger partial charge in [0.2, 0.25) is 0 Å². The molecule has 0 spiro atoms. The van der Waals surface area contributed by atoms with Crippen LogP contribution in [0.3, 0.4) is 0 Å². The third kappa shape index (κ3) is 3.49. The van der Waals surface area contributed by atoms with Crippen LogP contribution in [0.15, 0.2) is 65.6 Å². The Morgan fingerprint density at radius 2 is 1.52 bits per heavy atom. The molecule has 5 heteroatoms. The van der Waals surface area contributed by atoms with Crippen LogP contribution in [-0.2, 0) is 19.4 Å². The van der Waals surface area contributed by atoms with Gasteiger partial charge in [-0.2, -0.15) is 0 Å². The van der Waals surface area contributed by atoms with Gasteiger partial charge in [0.1, 0.15) is 5.25 Å². The van der Waals surface area contributed by atoms with Gasteiger partial charge in [-0.25, -0.2) is 8.42 Å². The molecule has 0 bridgehead atoms. The van der Waals surface area contributed by atoms with Crippen LogP contribution in [0.5, 0.6) is 0 Å². The first-order chi connectivity index (χ1) is 10.1. The number of hydrogen-bond acceptors (Lipinski definition) is 4. The zero-order valence-electron chi connectivity index (χ0n) is 11.6. The summed E-state index contributed by atoms with van der Waals surface area (Å²) in [5.41, 5.74) is 0.576. The molecule has 1 unspecified atom stereocenters. The fraction of sp³-hybridized carbons (Fsp3) is 0.188. The van der Waals surface area contributed by atoms with Gasteiger partial charge in [0, 0.05) is 0 Å². The Morgan fingerprint density at radius 3 is 2.05 bits per heavy atom. The number of rotatable bonds is 5. The minimum absolute atomic E-state index is 0.197. The molecular formula is C16H16O4S. The minimum Gasteiger partial charge on any atom is -0.469 e. The van der Waals surface area contributed by atoms with Crippen LogP contribution < -0.4 is 0 Å². The summed E-state index contributed by atoms with van der Waals surface area (Å²) in [6.45, 7) is 0. The van der Waals surface area contributed by atoms with E-state index in [1.54, 1.807) is 48.5 Å². The molecule has 2 aromatic rings. The number of carbonyl (C=O) groups is 1. The maximum absolute atomic E-state index is 12.8. The lowest BCUT2D eigenvalue weighted by Gasteiger charge is -2.17. The summed E-state index contributed by atoms with van der Waals surface area (Å²) in [6.07, 6.45) is -0.211. The van der Waals surface area contributed by atoms with Crippen molar-refractivity contribution in [1.82, 2.24) is 0 Å². The summed E-state index contributed by atoms with van der Waals surface area (Å²) in [4.78, 5) is 11.8. The van der Waals surface area contributed by atoms with E-state index in [1.165, 1.54) is 19.2 Å². The van der Waals surface area contributed by atoms with Crippen molar-refractivity contribution in [3.05, 3.63) is 66.2 Å². The zero-order valence-corrected chi connectivity index (χ0v) is 12.4. The topological polar surface area (TPSA) is 60.4 Å². The predicted octanol–water partition coefficient (Wildman–Crippen LogP) is 2.76. The molecule has 0 aliphatic carbocycles. The second-order valence-corrected chi connectivity index (χ2v) is 6.67. The van der Waals surface area contributed by atoms with Crippen LogP contribution in [0.1, 0.15) is 17.2 Å². The third-order valence-corrected chi connectivity index (χ3v) is 5.31. The first-order valence-electron chi connectivity index (χ1n) is 6.46. The van der Waals surface area contributed by atoms with Crippen LogP contribution in [0.25, 0.3) is 0 Å². The molecule has 2 rings (SSSR count). The van der Waals surface area contributed by atoms with Crippen molar-refractivity contribution in [2.24, 2.45) is 0 Å². The molecule has 0 radical (unpaired) electrons. The van der Waals surface area contributed by atoms with Crippen molar-refractivity contribution < 1.29 is 17.9 Å². The van der Waals surface area contributed by atoms with Gasteiger partial charge in [-0.05, 0) is 17.7 Å². The summed E-state index contributed by atoms with van der Waals surface area (Å²) in [5, 5.41) is -0.950. The molecule has 0 heterocycles. The number of methoxy groups -OCH3 is 1. The van der Waals surface area contributed by atoms with Gasteiger partial charge in [0.15, 0.2) is 9.84 Å². The van der Waals surface area contributed by atoms with E-state index in [1.807, 2.05) is 0 Å². The molecule has 4 nitrogen and oxygen atoms in total. The van der Waals surface area contributed by atoms with Crippen LogP contribution in [-0.4, -0.2) is 21.5 Å². The smallest absolute Gasteiger partial charge is 0.307 e. The molecule has 110 valence electrons. The van der Waals surface area contributed by atoms with Crippen LogP contribution in [0.2, 0.25) is 0 Å². The second-order valence-electron chi connectivity index (χ2n) is 4.54. The summed E-state index contributed by atoms with van der Waals surface area (Å²) < 4.78 is 30.2. The Morgan fingerprint density at radius 1 is 1.00 bits per heavy atom. The number of carbonyl (C=O) groups excluding carboxylic acids is 1. The van der Waals surface area contributed by atoms with Crippen molar-refractivity contribution in [1.29, 1.82) is 0 Å². The van der Waals surface area contributed by atoms with Crippen molar-refractivity contribution in [3.8, 4) is 0 Å². The van der Waals surface area contributed by atoms with Crippen molar-refractivity contribution in [3.63, 3.8) is 0 Å². The quantitative estimate of drug-likeness (QED) is 0.797. The summed E-state index contributed by atoms with van der Waals surface area (Å²) in [6, 6.07) is 16.8. The highest BCUT2D eigenvalue weighted by atomic mass is 32.2. The molecule has 0 saturated heterocycles. The molecule has 0 aliphatic heterocycles. The molecule has 0 saturated carbocycles. The molecule has 21 heavy (non-hydrogen) atoms. The maximum Gasteiger partial charge on any atom is 0.307 e. The van der Waals surface area contributed by atoms with Crippen molar-refractivity contribution >= 4 is 15.8 Å². The Balaban J connectivity index is 2.47. The fourth-order valence-corrected chi connectivity index (χ4v) is 3.82. The highest BCUT2D eigenvalue weighted by molar-refractivity contribution is 7.91. The summed E-state index contributed by atoms with van der Waals surface area (Å²) in [7, 11) is -2.41. The molecular weight excluding hydrogens is 288 g/mol. The fourth-order valence-electron chi connectivity index (χ4n) is 2.08. The van der Waals surface area contributed by atoms with Gasteiger partial charge in [-0.3, -0.25) is 4.79 Å². The van der Waals surface area contributed by atoms with Crippen LogP contribution >= 0.6 is 0 Å². The average molecular weight is 304 g/mol. The minimum atomic E-state index is -3.66. The van der Waals surface area contributed by atoms with Crippen LogP contribution in [0.4, 0.5) is 0 Å². The first kappa shape index (κ1) is 15.3. The molecule has 0 N–H and O–H groups in total. The highest BCUT2D eigenvalue weighted by Crippen LogP contribution is 2.31. The van der Waals surface area contributed by atoms with E-state index in [-0.39, 0.29) is 11.3 Å². The van der Waals surface area contributed by atoms with E-state index < -0.39 is 21.1 Å². The standard InChI is InChI=1S/C16H16O4S/c1-20-16(17)12-15(13-8-4-2-5-9-13)21(18,19)14-10-6-3-7-11-14/h2-11,15H,12H2,1H3. The lowest BCUT2D eigenvalue weighted by molar-refractivity contribution is -0.140. The second kappa shape index (κ2) is 6.54. The average Bonchev–Trinajstić information content (AvgIpc) is 2.53. The maximum atomic E-state index is 12.8. The van der Waals surface area contributed by atoms with Gasteiger partial charge in [-0.1, -0.05) is 48.5 Å². The number of sulfone groups is 1. The van der Waals surface area contributed by atoms with Gasteiger partial charge >= 0.3 is 5.97 Å². The lowest BCUT2D eigenvalue weighted by Crippen LogP contribution is -2.18. The van der Waals surface area contributed by atoms with Crippen molar-refractivity contribution in [2.45, 2.75) is 16.6 Å². The molecule has 0 aromatic heterocycles. The number of esters is 1. The Hall–Kier alpha value is -2.14. The summed E-state index contributed by atoms with van der Waals surface area (Å²) in [5.74, 6) is -0.552. The normalized spacial score (nSPS) is 12.6. The third-order valence-electron chi connectivity index (χ3n) is 3.20. The molecule has 1 atom stereocenters. The van der Waals surface area contributed by atoms with E-state index in [0.717, 1.165) is 0 Å². The molecule has 0 fully saturated rings. The SMILES string of the molecule is COC(=O)CC(c1ccccc1)S(=O)(=O)c1ccccc1. The van der Waals surface area contributed by atoms with Gasteiger partial charge in [0.05, 0.1) is 18.4 Å². The van der Waals surface area contributed by atoms with Gasteiger partial charge < -0.3 is 4.74 Å². The predicted molar refractivity (Wildman–Crippen MR) is 79.4 cm³/mol. The van der Waals surface area contributed by atoms with E-state index in [4.69, 9.17) is 0 Å². The number of benzene rings is 2. The Bertz CT molecular complexity index is 694. The monoisotopic (exact) mass is 304 g/mol. The van der Waals surface area contributed by atoms with Gasteiger partial charge in [0.25, 0.3) is 0 Å². The zero-order chi connectivity index (χ0) is 15.3.